The summed E-state index contributed by atoms with van der Waals surface area (Å²) in [6, 6.07) is 6.18. The van der Waals surface area contributed by atoms with Crippen molar-refractivity contribution in [3.63, 3.8) is 0 Å². The first-order valence-corrected chi connectivity index (χ1v) is 12.8. The predicted octanol–water partition coefficient (Wildman–Crippen LogP) is 4.59. The number of carbonyl (C=O) groups excluding carboxylic acids is 2. The molecular weight excluding hydrogens is 495 g/mol. The van der Waals surface area contributed by atoms with Crippen molar-refractivity contribution in [1.82, 2.24) is 24.1 Å². The van der Waals surface area contributed by atoms with Crippen LogP contribution < -0.4 is 5.32 Å². The number of amides is 1. The summed E-state index contributed by atoms with van der Waals surface area (Å²) in [5.41, 5.74) is 3.61. The van der Waals surface area contributed by atoms with E-state index in [0.29, 0.717) is 35.2 Å². The zero-order chi connectivity index (χ0) is 25.8. The minimum atomic E-state index is -0.561. The molecule has 1 aliphatic rings. The van der Waals surface area contributed by atoms with Gasteiger partial charge in [-0.1, -0.05) is 0 Å². The van der Waals surface area contributed by atoms with E-state index in [1.165, 1.54) is 23.6 Å². The highest BCUT2D eigenvalue weighted by Gasteiger charge is 2.28. The fourth-order valence-corrected chi connectivity index (χ4v) is 5.05. The maximum absolute atomic E-state index is 13.4. The number of pyridine rings is 1. The Morgan fingerprint density at radius 2 is 2.19 bits per heavy atom. The first-order chi connectivity index (χ1) is 18.0. The van der Waals surface area contributed by atoms with Gasteiger partial charge in [0.05, 0.1) is 24.3 Å². The van der Waals surface area contributed by atoms with Gasteiger partial charge in [-0.15, -0.1) is 11.3 Å². The third-order valence-electron chi connectivity index (χ3n) is 6.07. The number of esters is 1. The van der Waals surface area contributed by atoms with Crippen molar-refractivity contribution in [1.29, 1.82) is 0 Å². The standard InChI is InChI=1S/C26H25FN6O3S/c1-2-36-25(35)22-6-3-5-20-19(29-16-33(20)22)9-8-18-15-37-26(30-18)31-24(34)21-7-4-12-32(21)14-17-10-11-28-23(27)13-17/h4,7-13,15-16,22H,2-3,5-6,14H2,1H3,(H,30,31,34)/b9-8+. The van der Waals surface area contributed by atoms with Gasteiger partial charge in [0.15, 0.2) is 5.13 Å². The highest BCUT2D eigenvalue weighted by atomic mass is 32.1. The normalized spacial score (nSPS) is 15.0. The van der Waals surface area contributed by atoms with Gasteiger partial charge in [-0.05, 0) is 68.2 Å². The first-order valence-electron chi connectivity index (χ1n) is 11.9. The third kappa shape index (κ3) is 5.51. The number of aromatic nitrogens is 5. The largest absolute Gasteiger partial charge is 0.464 e. The van der Waals surface area contributed by atoms with Crippen molar-refractivity contribution in [2.45, 2.75) is 38.8 Å². The lowest BCUT2D eigenvalue weighted by Crippen LogP contribution is -2.26. The topological polar surface area (TPSA) is 104 Å². The number of halogens is 1. The molecule has 9 nitrogen and oxygen atoms in total. The van der Waals surface area contributed by atoms with Crippen LogP contribution in [0.2, 0.25) is 0 Å². The SMILES string of the molecule is CCOC(=O)C1CCCc2c(/C=C/c3csc(NC(=O)c4cccn4Cc4ccnc(F)c4)n3)ncn21. The van der Waals surface area contributed by atoms with Crippen LogP contribution in [0.5, 0.6) is 0 Å². The number of hydrogen-bond donors (Lipinski definition) is 1. The van der Waals surface area contributed by atoms with E-state index < -0.39 is 5.95 Å². The zero-order valence-corrected chi connectivity index (χ0v) is 20.9. The van der Waals surface area contributed by atoms with Gasteiger partial charge in [0.1, 0.15) is 11.7 Å². The summed E-state index contributed by atoms with van der Waals surface area (Å²) in [5, 5.41) is 5.13. The molecular formula is C26H25FN6O3S. The molecule has 0 bridgehead atoms. The van der Waals surface area contributed by atoms with Crippen molar-refractivity contribution >= 4 is 40.5 Å². The van der Waals surface area contributed by atoms with Crippen molar-refractivity contribution < 1.29 is 18.7 Å². The molecule has 1 amide bonds. The molecule has 11 heteroatoms. The monoisotopic (exact) mass is 520 g/mol. The van der Waals surface area contributed by atoms with E-state index in [1.54, 1.807) is 42.2 Å². The Hall–Kier alpha value is -4.12. The van der Waals surface area contributed by atoms with Crippen LogP contribution >= 0.6 is 11.3 Å². The van der Waals surface area contributed by atoms with Gasteiger partial charge in [-0.25, -0.2) is 19.7 Å². The Morgan fingerprint density at radius 3 is 3.03 bits per heavy atom. The van der Waals surface area contributed by atoms with Crippen molar-refractivity contribution in [2.24, 2.45) is 0 Å². The molecule has 190 valence electrons. The molecule has 0 aromatic carbocycles. The second kappa shape index (κ2) is 10.9. The van der Waals surface area contributed by atoms with Crippen LogP contribution in [0.3, 0.4) is 0 Å². The fourth-order valence-electron chi connectivity index (χ4n) is 4.38. The molecule has 5 heterocycles. The Morgan fingerprint density at radius 1 is 1.30 bits per heavy atom. The number of fused-ring (bicyclic) bond motifs is 1. The van der Waals surface area contributed by atoms with Crippen LogP contribution in [0.15, 0.2) is 48.4 Å². The van der Waals surface area contributed by atoms with Crippen LogP contribution in [0.1, 0.15) is 58.9 Å². The number of imidazole rings is 1. The highest BCUT2D eigenvalue weighted by molar-refractivity contribution is 7.14. The van der Waals surface area contributed by atoms with E-state index in [1.807, 2.05) is 22.1 Å². The molecule has 0 aliphatic carbocycles. The molecule has 37 heavy (non-hydrogen) atoms. The number of nitrogens with zero attached hydrogens (tertiary/aromatic N) is 5. The van der Waals surface area contributed by atoms with Gasteiger partial charge in [0.25, 0.3) is 5.91 Å². The van der Waals surface area contributed by atoms with Crippen LogP contribution in [0.4, 0.5) is 9.52 Å². The molecule has 1 atom stereocenters. The second-order valence-electron chi connectivity index (χ2n) is 8.52. The summed E-state index contributed by atoms with van der Waals surface area (Å²) in [4.78, 5) is 37.7. The molecule has 5 rings (SSSR count). The summed E-state index contributed by atoms with van der Waals surface area (Å²) in [6.45, 7) is 2.50. The Bertz CT molecular complexity index is 1460. The lowest BCUT2D eigenvalue weighted by molar-refractivity contribution is -0.147. The second-order valence-corrected chi connectivity index (χ2v) is 9.38. The zero-order valence-electron chi connectivity index (χ0n) is 20.1. The van der Waals surface area contributed by atoms with Crippen LogP contribution in [0.25, 0.3) is 12.2 Å². The molecule has 0 saturated heterocycles. The molecule has 4 aromatic heterocycles. The van der Waals surface area contributed by atoms with E-state index in [-0.39, 0.29) is 17.9 Å². The fraction of sp³-hybridized carbons (Fsp3) is 0.269. The van der Waals surface area contributed by atoms with Gasteiger partial charge in [0, 0.05) is 30.0 Å². The smallest absolute Gasteiger partial charge is 0.329 e. The molecule has 1 unspecified atom stereocenters. The Balaban J connectivity index is 1.25. The van der Waals surface area contributed by atoms with E-state index in [2.05, 4.69) is 20.3 Å². The Labute approximate surface area is 216 Å². The number of carbonyl (C=O) groups is 2. The van der Waals surface area contributed by atoms with E-state index in [4.69, 9.17) is 4.74 Å². The summed E-state index contributed by atoms with van der Waals surface area (Å²) >= 11 is 1.31. The molecule has 4 aromatic rings. The van der Waals surface area contributed by atoms with Gasteiger partial charge < -0.3 is 13.9 Å². The number of ether oxygens (including phenoxy) is 1. The van der Waals surface area contributed by atoms with Crippen molar-refractivity contribution in [2.75, 3.05) is 11.9 Å². The van der Waals surface area contributed by atoms with Crippen molar-refractivity contribution in [3.8, 4) is 0 Å². The maximum Gasteiger partial charge on any atom is 0.329 e. The summed E-state index contributed by atoms with van der Waals surface area (Å²) in [7, 11) is 0. The first kappa shape index (κ1) is 24.6. The maximum atomic E-state index is 13.4. The molecule has 0 spiro atoms. The summed E-state index contributed by atoms with van der Waals surface area (Å²) < 4.78 is 22.3. The number of rotatable bonds is 8. The Kier molecular flexibility index (Phi) is 7.22. The van der Waals surface area contributed by atoms with E-state index in [0.717, 1.165) is 30.7 Å². The quantitative estimate of drug-likeness (QED) is 0.269. The van der Waals surface area contributed by atoms with Crippen molar-refractivity contribution in [3.05, 3.63) is 82.7 Å². The predicted molar refractivity (Wildman–Crippen MR) is 138 cm³/mol. The lowest BCUT2D eigenvalue weighted by atomic mass is 10.0. The molecule has 0 saturated carbocycles. The minimum Gasteiger partial charge on any atom is -0.464 e. The van der Waals surface area contributed by atoms with E-state index in [9.17, 15) is 14.0 Å². The average Bonchev–Trinajstić information content (AvgIpc) is 3.63. The van der Waals surface area contributed by atoms with Gasteiger partial charge in [0.2, 0.25) is 5.95 Å². The molecule has 0 fully saturated rings. The summed E-state index contributed by atoms with van der Waals surface area (Å²) in [5.74, 6) is -1.10. The lowest BCUT2D eigenvalue weighted by Gasteiger charge is -2.24. The van der Waals surface area contributed by atoms with Gasteiger partial charge in [-0.2, -0.15) is 4.39 Å². The molecule has 0 radical (unpaired) electrons. The third-order valence-corrected chi connectivity index (χ3v) is 6.85. The minimum absolute atomic E-state index is 0.227. The number of nitrogens with one attached hydrogen (secondary N) is 1. The van der Waals surface area contributed by atoms with Gasteiger partial charge in [-0.3, -0.25) is 10.1 Å². The highest BCUT2D eigenvalue weighted by Crippen LogP contribution is 2.29. The van der Waals surface area contributed by atoms with Crippen LogP contribution in [0, 0.1) is 5.95 Å². The van der Waals surface area contributed by atoms with E-state index >= 15 is 0 Å². The number of anilines is 1. The average molecular weight is 521 g/mol. The molecule has 1 aliphatic heterocycles. The van der Waals surface area contributed by atoms with Crippen LogP contribution in [-0.2, 0) is 22.5 Å². The number of thiazole rings is 1. The summed E-state index contributed by atoms with van der Waals surface area (Å²) in [6.07, 6.45) is 11.0. The molecule has 1 N–H and O–H groups in total. The number of hydrogen-bond acceptors (Lipinski definition) is 7. The van der Waals surface area contributed by atoms with Gasteiger partial charge >= 0.3 is 5.97 Å². The van der Waals surface area contributed by atoms with Crippen LogP contribution in [-0.4, -0.2) is 42.6 Å².